The van der Waals surface area contributed by atoms with E-state index in [4.69, 9.17) is 9.47 Å². The second-order valence-electron chi connectivity index (χ2n) is 6.76. The molecule has 0 saturated carbocycles. The van der Waals surface area contributed by atoms with Gasteiger partial charge in [-0.3, -0.25) is 4.99 Å². The molecule has 1 aliphatic rings. The summed E-state index contributed by atoms with van der Waals surface area (Å²) in [4.78, 5) is 6.68. The number of nitrogens with one attached hydrogen (secondary N) is 2. The summed E-state index contributed by atoms with van der Waals surface area (Å²) in [5.41, 5.74) is 1.28. The second kappa shape index (κ2) is 15.8. The van der Waals surface area contributed by atoms with E-state index < -0.39 is 0 Å². The molecule has 1 saturated heterocycles. The first-order valence-corrected chi connectivity index (χ1v) is 10.3. The number of guanidine groups is 1. The lowest BCUT2D eigenvalue weighted by molar-refractivity contribution is 0.0168. The van der Waals surface area contributed by atoms with Crippen molar-refractivity contribution in [3.63, 3.8) is 0 Å². The zero-order valence-corrected chi connectivity index (χ0v) is 19.7. The van der Waals surface area contributed by atoms with Crippen LogP contribution in [0.15, 0.2) is 35.3 Å². The van der Waals surface area contributed by atoms with Crippen LogP contribution in [0, 0.1) is 0 Å². The number of halogens is 1. The monoisotopic (exact) mass is 504 g/mol. The number of rotatable bonds is 12. The van der Waals surface area contributed by atoms with Crippen molar-refractivity contribution in [2.75, 3.05) is 57.9 Å². The Morgan fingerprint density at radius 3 is 2.61 bits per heavy atom. The minimum atomic E-state index is 0. The molecular weight excluding hydrogens is 467 g/mol. The maximum Gasteiger partial charge on any atom is 0.190 e. The van der Waals surface area contributed by atoms with E-state index in [9.17, 15) is 0 Å². The molecule has 0 amide bonds. The number of hydrogen-bond donors (Lipinski definition) is 2. The van der Waals surface area contributed by atoms with E-state index in [0.29, 0.717) is 6.10 Å². The summed E-state index contributed by atoms with van der Waals surface area (Å²) in [6.45, 7) is 8.37. The van der Waals surface area contributed by atoms with E-state index in [1.165, 1.54) is 12.1 Å². The molecule has 1 aliphatic heterocycles. The Bertz CT molecular complexity index is 524. The number of para-hydroxylation sites is 1. The zero-order valence-electron chi connectivity index (χ0n) is 17.4. The van der Waals surface area contributed by atoms with Gasteiger partial charge < -0.3 is 25.0 Å². The van der Waals surface area contributed by atoms with Crippen LogP contribution in [0.4, 0.5) is 5.69 Å². The van der Waals surface area contributed by atoms with E-state index in [0.717, 1.165) is 71.2 Å². The van der Waals surface area contributed by atoms with Crippen LogP contribution in [0.1, 0.15) is 32.6 Å². The third-order valence-electron chi connectivity index (χ3n) is 4.71. The number of anilines is 1. The van der Waals surface area contributed by atoms with Crippen molar-refractivity contribution in [1.29, 1.82) is 0 Å². The summed E-state index contributed by atoms with van der Waals surface area (Å²) in [6.07, 6.45) is 4.64. The van der Waals surface area contributed by atoms with E-state index in [1.54, 1.807) is 0 Å². The van der Waals surface area contributed by atoms with Crippen molar-refractivity contribution < 1.29 is 9.47 Å². The predicted octanol–water partition coefficient (Wildman–Crippen LogP) is 3.27. The fourth-order valence-electron chi connectivity index (χ4n) is 3.18. The van der Waals surface area contributed by atoms with Gasteiger partial charge in [-0.25, -0.2) is 0 Å². The van der Waals surface area contributed by atoms with Crippen molar-refractivity contribution in [1.82, 2.24) is 10.6 Å². The fourth-order valence-corrected chi connectivity index (χ4v) is 3.18. The van der Waals surface area contributed by atoms with Gasteiger partial charge in [-0.15, -0.1) is 24.0 Å². The minimum absolute atomic E-state index is 0. The van der Waals surface area contributed by atoms with Crippen molar-refractivity contribution in [2.45, 2.75) is 38.7 Å². The third kappa shape index (κ3) is 9.93. The van der Waals surface area contributed by atoms with Crippen molar-refractivity contribution >= 4 is 35.6 Å². The van der Waals surface area contributed by atoms with Crippen LogP contribution in [-0.4, -0.2) is 65.1 Å². The Balaban J connectivity index is 0.00000392. The first-order valence-electron chi connectivity index (χ1n) is 10.3. The molecule has 1 aromatic rings. The first-order chi connectivity index (χ1) is 13.3. The van der Waals surface area contributed by atoms with E-state index in [1.807, 2.05) is 7.05 Å². The molecule has 28 heavy (non-hydrogen) atoms. The molecular formula is C21H37IN4O2. The standard InChI is InChI=1S/C21H36N4O2.HI/c1-3-25(19-10-5-4-6-11-19)15-8-13-23-21(22-2)24-14-9-16-26-18-20-12-7-17-27-20;/h4-6,10-11,20H,3,7-9,12-18H2,1-2H3,(H2,22,23,24);1H. The predicted molar refractivity (Wildman–Crippen MR) is 128 cm³/mol. The van der Waals surface area contributed by atoms with Gasteiger partial charge in [0.2, 0.25) is 0 Å². The van der Waals surface area contributed by atoms with Crippen LogP contribution in [0.2, 0.25) is 0 Å². The lowest BCUT2D eigenvalue weighted by Crippen LogP contribution is -2.39. The number of hydrogen-bond acceptors (Lipinski definition) is 4. The van der Waals surface area contributed by atoms with Gasteiger partial charge in [-0.2, -0.15) is 0 Å². The summed E-state index contributed by atoms with van der Waals surface area (Å²) in [6, 6.07) is 10.6. The summed E-state index contributed by atoms with van der Waals surface area (Å²) in [7, 11) is 1.81. The zero-order chi connectivity index (χ0) is 19.2. The molecule has 0 aliphatic carbocycles. The van der Waals surface area contributed by atoms with Gasteiger partial charge in [0.1, 0.15) is 0 Å². The van der Waals surface area contributed by atoms with Gasteiger partial charge in [0, 0.05) is 52.1 Å². The Morgan fingerprint density at radius 2 is 1.96 bits per heavy atom. The molecule has 1 aromatic carbocycles. The van der Waals surface area contributed by atoms with Crippen molar-refractivity contribution in [3.05, 3.63) is 30.3 Å². The lowest BCUT2D eigenvalue weighted by Gasteiger charge is -2.23. The highest BCUT2D eigenvalue weighted by molar-refractivity contribution is 14.0. The maximum absolute atomic E-state index is 5.68. The summed E-state index contributed by atoms with van der Waals surface area (Å²) in [5.74, 6) is 0.858. The first kappa shape index (κ1) is 25.0. The molecule has 0 aromatic heterocycles. The highest BCUT2D eigenvalue weighted by Crippen LogP contribution is 2.13. The van der Waals surface area contributed by atoms with Crippen molar-refractivity contribution in [3.8, 4) is 0 Å². The minimum Gasteiger partial charge on any atom is -0.379 e. The molecule has 160 valence electrons. The number of ether oxygens (including phenoxy) is 2. The summed E-state index contributed by atoms with van der Waals surface area (Å²) < 4.78 is 11.2. The molecule has 2 rings (SSSR count). The van der Waals surface area contributed by atoms with Gasteiger partial charge in [0.05, 0.1) is 12.7 Å². The topological polar surface area (TPSA) is 58.1 Å². The van der Waals surface area contributed by atoms with Gasteiger partial charge in [-0.1, -0.05) is 18.2 Å². The molecule has 1 unspecified atom stereocenters. The second-order valence-corrected chi connectivity index (χ2v) is 6.76. The van der Waals surface area contributed by atoms with Crippen LogP contribution < -0.4 is 15.5 Å². The van der Waals surface area contributed by atoms with Gasteiger partial charge in [0.25, 0.3) is 0 Å². The Labute approximate surface area is 187 Å². The molecule has 0 spiro atoms. The van der Waals surface area contributed by atoms with Gasteiger partial charge in [-0.05, 0) is 44.7 Å². The number of aliphatic imine (C=N–C) groups is 1. The van der Waals surface area contributed by atoms with Crippen molar-refractivity contribution in [2.24, 2.45) is 4.99 Å². The Hall–Kier alpha value is -1.06. The smallest absolute Gasteiger partial charge is 0.190 e. The van der Waals surface area contributed by atoms with Crippen LogP contribution in [0.3, 0.4) is 0 Å². The fraction of sp³-hybridized carbons (Fsp3) is 0.667. The molecule has 1 heterocycles. The van der Waals surface area contributed by atoms with E-state index in [2.05, 4.69) is 57.8 Å². The average Bonchev–Trinajstić information content (AvgIpc) is 3.23. The SMILES string of the molecule is CCN(CCCNC(=NC)NCCCOCC1CCCO1)c1ccccc1.I. The van der Waals surface area contributed by atoms with E-state index in [-0.39, 0.29) is 24.0 Å². The van der Waals surface area contributed by atoms with Gasteiger partial charge in [0.15, 0.2) is 5.96 Å². The largest absolute Gasteiger partial charge is 0.379 e. The average molecular weight is 504 g/mol. The Kier molecular flexibility index (Phi) is 14.1. The van der Waals surface area contributed by atoms with Crippen LogP contribution in [0.5, 0.6) is 0 Å². The van der Waals surface area contributed by atoms with Crippen LogP contribution >= 0.6 is 24.0 Å². The Morgan fingerprint density at radius 1 is 1.21 bits per heavy atom. The maximum atomic E-state index is 5.68. The highest BCUT2D eigenvalue weighted by Gasteiger charge is 2.14. The third-order valence-corrected chi connectivity index (χ3v) is 4.71. The molecule has 0 bridgehead atoms. The quantitative estimate of drug-likeness (QED) is 0.198. The number of benzene rings is 1. The van der Waals surface area contributed by atoms with Gasteiger partial charge >= 0.3 is 0 Å². The molecule has 0 radical (unpaired) electrons. The normalized spacial score (nSPS) is 16.5. The van der Waals surface area contributed by atoms with Crippen LogP contribution in [-0.2, 0) is 9.47 Å². The summed E-state index contributed by atoms with van der Waals surface area (Å²) in [5, 5.41) is 6.73. The molecule has 1 fully saturated rings. The lowest BCUT2D eigenvalue weighted by atomic mass is 10.2. The number of nitrogens with zero attached hydrogens (tertiary/aromatic N) is 2. The molecule has 1 atom stereocenters. The highest BCUT2D eigenvalue weighted by atomic mass is 127. The van der Waals surface area contributed by atoms with Crippen LogP contribution in [0.25, 0.3) is 0 Å². The molecule has 2 N–H and O–H groups in total. The molecule has 7 heteroatoms. The summed E-state index contributed by atoms with van der Waals surface area (Å²) >= 11 is 0. The molecule has 6 nitrogen and oxygen atoms in total. The van der Waals surface area contributed by atoms with E-state index >= 15 is 0 Å².